The summed E-state index contributed by atoms with van der Waals surface area (Å²) in [5.74, 6) is -1.04. The molecule has 0 heterocycles. The minimum absolute atomic E-state index is 0.122. The van der Waals surface area contributed by atoms with Crippen LogP contribution in [0.1, 0.15) is 194 Å². The summed E-state index contributed by atoms with van der Waals surface area (Å²) in [6.45, 7) is 6.25. The van der Waals surface area contributed by atoms with Crippen LogP contribution in [0.3, 0.4) is 0 Å². The van der Waals surface area contributed by atoms with Crippen LogP contribution >= 0.6 is 0 Å². The van der Waals surface area contributed by atoms with E-state index in [1.54, 1.807) is 0 Å². The van der Waals surface area contributed by atoms with Gasteiger partial charge in [0.15, 0.2) is 6.10 Å². The van der Waals surface area contributed by atoms with E-state index in [0.29, 0.717) is 19.3 Å². The predicted octanol–water partition coefficient (Wildman–Crippen LogP) is 16.1. The van der Waals surface area contributed by atoms with Crippen molar-refractivity contribution < 1.29 is 28.6 Å². The second-order valence-corrected chi connectivity index (χ2v) is 15.7. The Kier molecular flexibility index (Phi) is 46.1. The molecule has 0 aromatic rings. The Morgan fingerprint density at radius 1 is 0.355 bits per heavy atom. The maximum absolute atomic E-state index is 12.8. The number of carbonyl (C=O) groups excluding carboxylic acids is 3. The Hall–Kier alpha value is -4.19. The highest BCUT2D eigenvalue weighted by Gasteiger charge is 2.19. The van der Waals surface area contributed by atoms with Gasteiger partial charge in [-0.25, -0.2) is 0 Å². The molecular formula is C56H88O6. The molecule has 62 heavy (non-hydrogen) atoms. The van der Waals surface area contributed by atoms with Crippen molar-refractivity contribution in [3.8, 4) is 0 Å². The highest BCUT2D eigenvalue weighted by Crippen LogP contribution is 2.13. The Bertz CT molecular complexity index is 1350. The van der Waals surface area contributed by atoms with E-state index < -0.39 is 6.10 Å². The van der Waals surface area contributed by atoms with Gasteiger partial charge in [0.25, 0.3) is 0 Å². The minimum atomic E-state index is -0.824. The van der Waals surface area contributed by atoms with Crippen LogP contribution in [-0.4, -0.2) is 37.2 Å². The Morgan fingerprint density at radius 3 is 1.26 bits per heavy atom. The summed E-state index contributed by atoms with van der Waals surface area (Å²) < 4.78 is 16.7. The van der Waals surface area contributed by atoms with Gasteiger partial charge in [-0.1, -0.05) is 200 Å². The van der Waals surface area contributed by atoms with Gasteiger partial charge in [0.1, 0.15) is 13.2 Å². The molecule has 6 nitrogen and oxygen atoms in total. The molecule has 0 bridgehead atoms. The lowest BCUT2D eigenvalue weighted by Gasteiger charge is -2.18. The summed E-state index contributed by atoms with van der Waals surface area (Å²) in [5.41, 5.74) is 0. The molecule has 0 aromatic carbocycles. The third kappa shape index (κ3) is 46.9. The first-order chi connectivity index (χ1) is 30.5. The number of hydrogen-bond acceptors (Lipinski definition) is 6. The number of unbranched alkanes of at least 4 members (excludes halogenated alkanes) is 15. The van der Waals surface area contributed by atoms with E-state index >= 15 is 0 Å². The second kappa shape index (κ2) is 49.5. The van der Waals surface area contributed by atoms with Crippen molar-refractivity contribution in [2.24, 2.45) is 0 Å². The molecule has 0 radical (unpaired) electrons. The number of hydrogen-bond donors (Lipinski definition) is 0. The van der Waals surface area contributed by atoms with Crippen molar-refractivity contribution in [3.63, 3.8) is 0 Å². The first kappa shape index (κ1) is 57.8. The number of rotatable bonds is 42. The monoisotopic (exact) mass is 857 g/mol. The Morgan fingerprint density at radius 2 is 0.726 bits per heavy atom. The van der Waals surface area contributed by atoms with Crippen LogP contribution in [0.15, 0.2) is 122 Å². The average molecular weight is 857 g/mol. The molecule has 0 aromatic heterocycles. The number of carbonyl (C=O) groups is 3. The van der Waals surface area contributed by atoms with E-state index in [9.17, 15) is 14.4 Å². The average Bonchev–Trinajstić information content (AvgIpc) is 3.27. The first-order valence-electron chi connectivity index (χ1n) is 24.6. The molecule has 0 aliphatic heterocycles. The van der Waals surface area contributed by atoms with Gasteiger partial charge in [-0.2, -0.15) is 0 Å². The molecule has 0 fully saturated rings. The molecular weight excluding hydrogens is 769 g/mol. The molecule has 1 unspecified atom stereocenters. The van der Waals surface area contributed by atoms with Crippen molar-refractivity contribution >= 4 is 17.9 Å². The van der Waals surface area contributed by atoms with E-state index in [1.807, 2.05) is 54.7 Å². The van der Waals surface area contributed by atoms with Gasteiger partial charge < -0.3 is 14.2 Å². The van der Waals surface area contributed by atoms with Crippen LogP contribution in [0, 0.1) is 0 Å². The second-order valence-electron chi connectivity index (χ2n) is 15.7. The SMILES string of the molecule is CC/C=C/C=C/C=C/C=C/C=C/CCCC(=O)OCC(COC(=O)CCCCC/C=C/C/C=C/C/C=C/C/C=C/CC)OC(=O)CCCCCCCCC/C=C/CCCCCC. The number of esters is 3. The summed E-state index contributed by atoms with van der Waals surface area (Å²) >= 11 is 0. The summed E-state index contributed by atoms with van der Waals surface area (Å²) in [5, 5.41) is 0. The largest absolute Gasteiger partial charge is 0.462 e. The van der Waals surface area contributed by atoms with Crippen LogP contribution in [0.4, 0.5) is 0 Å². The van der Waals surface area contributed by atoms with Crippen LogP contribution < -0.4 is 0 Å². The zero-order valence-electron chi connectivity index (χ0n) is 39.6. The van der Waals surface area contributed by atoms with Gasteiger partial charge in [-0.05, 0) is 96.3 Å². The standard InChI is InChI=1S/C56H88O6/c1-4-7-10-13-16-19-22-25-27-29-31-34-37-40-43-46-49-55(58)61-52-53(51-60-54(57)48-45-42-39-36-33-30-24-21-18-15-12-9-6-3)62-56(59)50-47-44-41-38-35-32-28-26-23-20-17-14-11-8-5-2/h7,9-10,12,15-16,18-21,23-25,27,30-31,33-34,36,39,53H,4-6,8,11,13-14,17,22,26,28-29,32,35,37-38,40-52H2,1-3H3/b10-7+,12-9+,18-15+,19-16+,23-20+,24-21+,27-25+,33-30+,34-31+,39-36+. The van der Waals surface area contributed by atoms with Crippen molar-refractivity contribution in [3.05, 3.63) is 122 Å². The lowest BCUT2D eigenvalue weighted by Crippen LogP contribution is -2.30. The first-order valence-corrected chi connectivity index (χ1v) is 24.6. The molecule has 1 atom stereocenters. The highest BCUT2D eigenvalue weighted by molar-refractivity contribution is 5.71. The Balaban J connectivity index is 4.57. The summed E-state index contributed by atoms with van der Waals surface area (Å²) in [6, 6.07) is 0. The lowest BCUT2D eigenvalue weighted by molar-refractivity contribution is -0.167. The van der Waals surface area contributed by atoms with Crippen molar-refractivity contribution in [1.29, 1.82) is 0 Å². The van der Waals surface area contributed by atoms with E-state index in [-0.39, 0.29) is 37.5 Å². The molecule has 0 N–H and O–H groups in total. The van der Waals surface area contributed by atoms with E-state index in [1.165, 1.54) is 64.2 Å². The van der Waals surface area contributed by atoms with Crippen LogP contribution in [-0.2, 0) is 28.6 Å². The molecule has 0 spiro atoms. The molecule has 0 saturated carbocycles. The Labute approximate surface area is 380 Å². The third-order valence-electron chi connectivity index (χ3n) is 9.81. The summed E-state index contributed by atoms with van der Waals surface area (Å²) in [7, 11) is 0. The lowest BCUT2D eigenvalue weighted by atomic mass is 10.1. The fourth-order valence-corrected chi connectivity index (χ4v) is 6.16. The maximum Gasteiger partial charge on any atom is 0.306 e. The molecule has 348 valence electrons. The maximum atomic E-state index is 12.8. The van der Waals surface area contributed by atoms with Gasteiger partial charge >= 0.3 is 17.9 Å². The van der Waals surface area contributed by atoms with Gasteiger partial charge in [-0.3, -0.25) is 14.4 Å². The highest BCUT2D eigenvalue weighted by atomic mass is 16.6. The topological polar surface area (TPSA) is 78.9 Å². The third-order valence-corrected chi connectivity index (χ3v) is 9.81. The minimum Gasteiger partial charge on any atom is -0.462 e. The van der Waals surface area contributed by atoms with Crippen LogP contribution in [0.25, 0.3) is 0 Å². The zero-order chi connectivity index (χ0) is 45.1. The summed E-state index contributed by atoms with van der Waals surface area (Å²) in [4.78, 5) is 37.9. The van der Waals surface area contributed by atoms with E-state index in [2.05, 4.69) is 87.6 Å². The fraction of sp³-hybridized carbons (Fsp3) is 0.589. The number of allylic oxidation sites excluding steroid dienone is 20. The molecule has 0 rings (SSSR count). The van der Waals surface area contributed by atoms with Gasteiger partial charge in [0.05, 0.1) is 0 Å². The van der Waals surface area contributed by atoms with Gasteiger partial charge in [0, 0.05) is 19.3 Å². The molecule has 0 aliphatic carbocycles. The molecule has 6 heteroatoms. The molecule has 0 aliphatic rings. The quantitative estimate of drug-likeness (QED) is 0.0200. The van der Waals surface area contributed by atoms with Crippen molar-refractivity contribution in [2.45, 2.75) is 200 Å². The zero-order valence-corrected chi connectivity index (χ0v) is 39.6. The number of ether oxygens (including phenoxy) is 3. The predicted molar refractivity (Wildman–Crippen MR) is 265 cm³/mol. The van der Waals surface area contributed by atoms with E-state index in [4.69, 9.17) is 14.2 Å². The smallest absolute Gasteiger partial charge is 0.306 e. The normalized spacial score (nSPS) is 13.1. The summed E-state index contributed by atoms with van der Waals surface area (Å²) in [6.07, 6.45) is 67.6. The van der Waals surface area contributed by atoms with Gasteiger partial charge in [-0.15, -0.1) is 0 Å². The van der Waals surface area contributed by atoms with Crippen LogP contribution in [0.2, 0.25) is 0 Å². The fourth-order valence-electron chi connectivity index (χ4n) is 6.16. The van der Waals surface area contributed by atoms with Crippen molar-refractivity contribution in [1.82, 2.24) is 0 Å². The van der Waals surface area contributed by atoms with Gasteiger partial charge in [0.2, 0.25) is 0 Å². The van der Waals surface area contributed by atoms with E-state index in [0.717, 1.165) is 83.5 Å². The molecule has 0 saturated heterocycles. The van der Waals surface area contributed by atoms with Crippen molar-refractivity contribution in [2.75, 3.05) is 13.2 Å². The van der Waals surface area contributed by atoms with Crippen LogP contribution in [0.5, 0.6) is 0 Å². The molecule has 0 amide bonds.